The largest absolute Gasteiger partial charge is 0.465 e. The van der Waals surface area contributed by atoms with Crippen LogP contribution < -0.4 is 5.43 Å². The molecule has 0 spiro atoms. The van der Waals surface area contributed by atoms with Crippen molar-refractivity contribution in [1.82, 2.24) is 15.6 Å². The van der Waals surface area contributed by atoms with Crippen LogP contribution in [-0.4, -0.2) is 21.8 Å². The van der Waals surface area contributed by atoms with Crippen molar-refractivity contribution in [3.63, 3.8) is 0 Å². The molecule has 19 heavy (non-hydrogen) atoms. The molecule has 0 bridgehead atoms. The second kappa shape index (κ2) is 5.81. The number of allylic oxidation sites excluding steroid dienone is 1. The standard InChI is InChI=1S/C13H14N4O2/c1-9(5-6-11-4-3-7-19-11)14-17-13(18)12-8-10(2)15-16-12/h3-8H,1-2H3,(H,15,16)(H,17,18)/b6-5+,14-9?. The first-order valence-corrected chi connectivity index (χ1v) is 5.73. The molecule has 0 fully saturated rings. The predicted molar refractivity (Wildman–Crippen MR) is 71.6 cm³/mol. The average Bonchev–Trinajstić information content (AvgIpc) is 3.04. The minimum atomic E-state index is -0.352. The van der Waals surface area contributed by atoms with Crippen LogP contribution in [0.2, 0.25) is 0 Å². The lowest BCUT2D eigenvalue weighted by molar-refractivity contribution is 0.0950. The Kier molecular flexibility index (Phi) is 3.92. The van der Waals surface area contributed by atoms with Crippen LogP contribution in [0.1, 0.15) is 28.9 Å². The fourth-order valence-corrected chi connectivity index (χ4v) is 1.36. The smallest absolute Gasteiger partial charge is 0.291 e. The second-order valence-corrected chi connectivity index (χ2v) is 3.98. The molecule has 0 saturated heterocycles. The summed E-state index contributed by atoms with van der Waals surface area (Å²) in [5, 5.41) is 10.5. The molecule has 0 unspecified atom stereocenters. The minimum Gasteiger partial charge on any atom is -0.465 e. The van der Waals surface area contributed by atoms with Gasteiger partial charge in [0.05, 0.1) is 12.0 Å². The number of carbonyl (C=O) groups excluding carboxylic acids is 1. The fourth-order valence-electron chi connectivity index (χ4n) is 1.36. The molecule has 0 aliphatic heterocycles. The van der Waals surface area contributed by atoms with E-state index in [1.807, 2.05) is 13.0 Å². The molecule has 2 N–H and O–H groups in total. The third-order valence-corrected chi connectivity index (χ3v) is 2.30. The Labute approximate surface area is 110 Å². The number of hydrogen-bond donors (Lipinski definition) is 2. The quantitative estimate of drug-likeness (QED) is 0.651. The maximum absolute atomic E-state index is 11.7. The Hall–Kier alpha value is -2.63. The van der Waals surface area contributed by atoms with E-state index in [0.717, 1.165) is 11.5 Å². The lowest BCUT2D eigenvalue weighted by atomic mass is 10.3. The molecule has 2 rings (SSSR count). The number of carbonyl (C=O) groups is 1. The highest BCUT2D eigenvalue weighted by atomic mass is 16.3. The summed E-state index contributed by atoms with van der Waals surface area (Å²) < 4.78 is 5.14. The topological polar surface area (TPSA) is 83.3 Å². The molecule has 0 aromatic carbocycles. The van der Waals surface area contributed by atoms with Gasteiger partial charge in [-0.15, -0.1) is 0 Å². The first kappa shape index (κ1) is 12.8. The predicted octanol–water partition coefficient (Wildman–Crippen LogP) is 2.13. The van der Waals surface area contributed by atoms with Crippen molar-refractivity contribution in [1.29, 1.82) is 0 Å². The van der Waals surface area contributed by atoms with Gasteiger partial charge in [-0.2, -0.15) is 10.2 Å². The lowest BCUT2D eigenvalue weighted by Crippen LogP contribution is -2.19. The van der Waals surface area contributed by atoms with Crippen LogP contribution in [0.25, 0.3) is 6.08 Å². The average molecular weight is 258 g/mol. The van der Waals surface area contributed by atoms with Gasteiger partial charge in [-0.05, 0) is 44.2 Å². The zero-order valence-electron chi connectivity index (χ0n) is 10.7. The summed E-state index contributed by atoms with van der Waals surface area (Å²) in [7, 11) is 0. The number of amides is 1. The van der Waals surface area contributed by atoms with Gasteiger partial charge < -0.3 is 4.42 Å². The maximum Gasteiger partial charge on any atom is 0.291 e. The molecule has 6 heteroatoms. The summed E-state index contributed by atoms with van der Waals surface area (Å²) in [4.78, 5) is 11.7. The number of aromatic nitrogens is 2. The third-order valence-electron chi connectivity index (χ3n) is 2.30. The zero-order chi connectivity index (χ0) is 13.7. The van der Waals surface area contributed by atoms with Crippen LogP contribution in [0.3, 0.4) is 0 Å². The van der Waals surface area contributed by atoms with Crippen LogP contribution in [0, 0.1) is 6.92 Å². The third kappa shape index (κ3) is 3.67. The van der Waals surface area contributed by atoms with Crippen molar-refractivity contribution in [3.8, 4) is 0 Å². The SMILES string of the molecule is CC(/C=C/c1ccco1)=NNC(=O)c1cc(C)[nH]n1. The van der Waals surface area contributed by atoms with Crippen LogP contribution in [0.4, 0.5) is 0 Å². The fraction of sp³-hybridized carbons (Fsp3) is 0.154. The summed E-state index contributed by atoms with van der Waals surface area (Å²) in [5.74, 6) is 0.374. The van der Waals surface area contributed by atoms with Crippen molar-refractivity contribution < 1.29 is 9.21 Å². The van der Waals surface area contributed by atoms with Gasteiger partial charge in [0.1, 0.15) is 5.76 Å². The molecule has 98 valence electrons. The number of nitrogens with zero attached hydrogens (tertiary/aromatic N) is 2. The number of furan rings is 1. The summed E-state index contributed by atoms with van der Waals surface area (Å²) in [6, 6.07) is 5.28. The van der Waals surface area contributed by atoms with Gasteiger partial charge in [-0.25, -0.2) is 5.43 Å². The van der Waals surface area contributed by atoms with Gasteiger partial charge in [-0.3, -0.25) is 9.89 Å². The van der Waals surface area contributed by atoms with E-state index in [1.165, 1.54) is 0 Å². The Morgan fingerprint density at radius 2 is 2.42 bits per heavy atom. The molecule has 0 atom stereocenters. The summed E-state index contributed by atoms with van der Waals surface area (Å²) in [5.41, 5.74) is 4.21. The molecule has 0 radical (unpaired) electrons. The first-order chi connectivity index (χ1) is 9.15. The number of rotatable bonds is 4. The molecule has 6 nitrogen and oxygen atoms in total. The first-order valence-electron chi connectivity index (χ1n) is 5.73. The van der Waals surface area contributed by atoms with Crippen molar-refractivity contribution in [2.75, 3.05) is 0 Å². The van der Waals surface area contributed by atoms with Crippen LogP contribution in [-0.2, 0) is 0 Å². The Bertz CT molecular complexity index is 608. The zero-order valence-corrected chi connectivity index (χ0v) is 10.7. The number of aryl methyl sites for hydroxylation is 1. The van der Waals surface area contributed by atoms with E-state index in [1.54, 1.807) is 37.5 Å². The summed E-state index contributed by atoms with van der Waals surface area (Å²) >= 11 is 0. The van der Waals surface area contributed by atoms with Crippen LogP contribution >= 0.6 is 0 Å². The lowest BCUT2D eigenvalue weighted by Gasteiger charge is -1.96. The summed E-state index contributed by atoms with van der Waals surface area (Å²) in [6.45, 7) is 3.60. The van der Waals surface area contributed by atoms with E-state index < -0.39 is 0 Å². The van der Waals surface area contributed by atoms with E-state index in [-0.39, 0.29) is 5.91 Å². The van der Waals surface area contributed by atoms with Gasteiger partial charge in [0.15, 0.2) is 5.69 Å². The number of aromatic amines is 1. The van der Waals surface area contributed by atoms with Gasteiger partial charge in [0.25, 0.3) is 5.91 Å². The van der Waals surface area contributed by atoms with Crippen molar-refractivity contribution in [3.05, 3.63) is 47.7 Å². The second-order valence-electron chi connectivity index (χ2n) is 3.98. The monoisotopic (exact) mass is 258 g/mol. The summed E-state index contributed by atoms with van der Waals surface area (Å²) in [6.07, 6.45) is 5.10. The van der Waals surface area contributed by atoms with E-state index in [9.17, 15) is 4.79 Å². The molecule has 2 heterocycles. The van der Waals surface area contributed by atoms with E-state index >= 15 is 0 Å². The molecule has 0 aliphatic rings. The highest BCUT2D eigenvalue weighted by molar-refractivity contribution is 5.98. The molecule has 0 aliphatic carbocycles. The van der Waals surface area contributed by atoms with Gasteiger partial charge >= 0.3 is 0 Å². The van der Waals surface area contributed by atoms with Crippen molar-refractivity contribution >= 4 is 17.7 Å². The molecular formula is C13H14N4O2. The van der Waals surface area contributed by atoms with Crippen molar-refractivity contribution in [2.24, 2.45) is 5.10 Å². The minimum absolute atomic E-state index is 0.309. The number of hydrazone groups is 1. The molecule has 1 amide bonds. The van der Waals surface area contributed by atoms with Crippen LogP contribution in [0.5, 0.6) is 0 Å². The van der Waals surface area contributed by atoms with Gasteiger partial charge in [0, 0.05) is 5.69 Å². The van der Waals surface area contributed by atoms with E-state index in [4.69, 9.17) is 4.42 Å². The molecule has 2 aromatic rings. The van der Waals surface area contributed by atoms with E-state index in [2.05, 4.69) is 20.7 Å². The molecular weight excluding hydrogens is 244 g/mol. The normalized spacial score (nSPS) is 12.0. The number of nitrogens with one attached hydrogen (secondary N) is 2. The highest BCUT2D eigenvalue weighted by Crippen LogP contribution is 2.02. The van der Waals surface area contributed by atoms with Crippen LogP contribution in [0.15, 0.2) is 40.1 Å². The Morgan fingerprint density at radius 3 is 3.05 bits per heavy atom. The number of H-pyrrole nitrogens is 1. The van der Waals surface area contributed by atoms with Gasteiger partial charge in [-0.1, -0.05) is 0 Å². The van der Waals surface area contributed by atoms with Gasteiger partial charge in [0.2, 0.25) is 0 Å². The van der Waals surface area contributed by atoms with E-state index in [0.29, 0.717) is 11.4 Å². The van der Waals surface area contributed by atoms with Crippen molar-refractivity contribution in [2.45, 2.75) is 13.8 Å². The molecule has 0 saturated carbocycles. The molecule has 2 aromatic heterocycles. The maximum atomic E-state index is 11.7. The Balaban J connectivity index is 1.93. The number of hydrogen-bond acceptors (Lipinski definition) is 4. The Morgan fingerprint density at radius 1 is 1.58 bits per heavy atom. The highest BCUT2D eigenvalue weighted by Gasteiger charge is 2.07.